The normalized spacial score (nSPS) is 10.9. The molecule has 0 amide bonds. The molecule has 0 aromatic heterocycles. The molecule has 0 aliphatic heterocycles. The van der Waals surface area contributed by atoms with Gasteiger partial charge >= 0.3 is 0 Å². The number of rotatable bonds is 3. The van der Waals surface area contributed by atoms with Crippen molar-refractivity contribution in [2.24, 2.45) is 10.2 Å². The van der Waals surface area contributed by atoms with Gasteiger partial charge in [-0.25, -0.2) is 4.39 Å². The summed E-state index contributed by atoms with van der Waals surface area (Å²) in [4.78, 5) is 9.94. The molecular formula is C12H7BrFN3O3. The summed E-state index contributed by atoms with van der Waals surface area (Å²) in [5, 5.41) is 27.4. The molecule has 0 aliphatic rings. The first kappa shape index (κ1) is 14.1. The Morgan fingerprint density at radius 2 is 1.85 bits per heavy atom. The van der Waals surface area contributed by atoms with Gasteiger partial charge in [-0.3, -0.25) is 10.1 Å². The molecule has 20 heavy (non-hydrogen) atoms. The van der Waals surface area contributed by atoms with Gasteiger partial charge in [0.1, 0.15) is 17.1 Å². The average molecular weight is 340 g/mol. The van der Waals surface area contributed by atoms with E-state index >= 15 is 0 Å². The second-order valence-corrected chi connectivity index (χ2v) is 4.64. The first-order valence-corrected chi connectivity index (χ1v) is 6.11. The number of nitro benzene ring substituents is 1. The van der Waals surface area contributed by atoms with Gasteiger partial charge in [0.2, 0.25) is 0 Å². The fourth-order valence-corrected chi connectivity index (χ4v) is 1.72. The van der Waals surface area contributed by atoms with Crippen LogP contribution in [0.15, 0.2) is 51.1 Å². The smallest absolute Gasteiger partial charge is 0.271 e. The van der Waals surface area contributed by atoms with Crippen molar-refractivity contribution in [2.45, 2.75) is 0 Å². The van der Waals surface area contributed by atoms with Crippen LogP contribution in [0.4, 0.5) is 21.5 Å². The monoisotopic (exact) mass is 339 g/mol. The molecule has 1 N–H and O–H groups in total. The van der Waals surface area contributed by atoms with E-state index in [1.165, 1.54) is 12.1 Å². The number of azo groups is 1. The van der Waals surface area contributed by atoms with E-state index in [9.17, 15) is 19.6 Å². The number of aromatic hydroxyl groups is 1. The largest absolute Gasteiger partial charge is 0.506 e. The highest BCUT2D eigenvalue weighted by molar-refractivity contribution is 9.10. The van der Waals surface area contributed by atoms with E-state index in [-0.39, 0.29) is 22.8 Å². The molecule has 0 radical (unpaired) electrons. The zero-order valence-corrected chi connectivity index (χ0v) is 11.4. The standard InChI is InChI=1S/C12H7BrFN3O3/c13-7-1-4-12(18)11(5-7)16-15-10-6-8(17(19)20)2-3-9(10)14/h1-6,18H. The number of hydrogen-bond acceptors (Lipinski definition) is 5. The van der Waals surface area contributed by atoms with Crippen LogP contribution >= 0.6 is 15.9 Å². The minimum atomic E-state index is -0.742. The minimum absolute atomic E-state index is 0.116. The van der Waals surface area contributed by atoms with Crippen LogP contribution in [0.1, 0.15) is 0 Å². The first-order valence-electron chi connectivity index (χ1n) is 5.31. The number of benzene rings is 2. The Hall–Kier alpha value is -2.35. The SMILES string of the molecule is O=[N+]([O-])c1ccc(F)c(N=Nc2cc(Br)ccc2O)c1. The fraction of sp³-hybridized carbons (Fsp3) is 0. The molecule has 0 aliphatic carbocycles. The number of phenolic OH excluding ortho intramolecular Hbond substituents is 1. The van der Waals surface area contributed by atoms with Crippen LogP contribution in [-0.4, -0.2) is 10.0 Å². The zero-order valence-electron chi connectivity index (χ0n) is 9.83. The predicted octanol–water partition coefficient (Wildman–Crippen LogP) is 4.62. The van der Waals surface area contributed by atoms with Gasteiger partial charge in [-0.05, 0) is 24.3 Å². The highest BCUT2D eigenvalue weighted by Gasteiger charge is 2.10. The predicted molar refractivity (Wildman–Crippen MR) is 73.0 cm³/mol. The van der Waals surface area contributed by atoms with Crippen molar-refractivity contribution >= 4 is 33.0 Å². The Balaban J connectivity index is 2.38. The molecule has 0 unspecified atom stereocenters. The van der Waals surface area contributed by atoms with E-state index in [4.69, 9.17) is 0 Å². The van der Waals surface area contributed by atoms with Crippen LogP contribution in [0, 0.1) is 15.9 Å². The van der Waals surface area contributed by atoms with Gasteiger partial charge in [-0.2, -0.15) is 0 Å². The molecule has 8 heteroatoms. The lowest BCUT2D eigenvalue weighted by atomic mass is 10.3. The third-order valence-corrected chi connectivity index (χ3v) is 2.84. The third kappa shape index (κ3) is 3.15. The van der Waals surface area contributed by atoms with Crippen LogP contribution in [0.3, 0.4) is 0 Å². The van der Waals surface area contributed by atoms with E-state index < -0.39 is 10.7 Å². The van der Waals surface area contributed by atoms with Crippen molar-refractivity contribution in [1.29, 1.82) is 0 Å². The summed E-state index contributed by atoms with van der Waals surface area (Å²) in [6.07, 6.45) is 0. The zero-order chi connectivity index (χ0) is 14.7. The molecule has 2 rings (SSSR count). The lowest BCUT2D eigenvalue weighted by Crippen LogP contribution is -1.87. The molecule has 0 heterocycles. The number of non-ortho nitro benzene ring substituents is 1. The van der Waals surface area contributed by atoms with Gasteiger partial charge in [0.15, 0.2) is 5.82 Å². The second kappa shape index (κ2) is 5.74. The van der Waals surface area contributed by atoms with Crippen LogP contribution in [0.5, 0.6) is 5.75 Å². The van der Waals surface area contributed by atoms with Gasteiger partial charge in [0.25, 0.3) is 5.69 Å². The van der Waals surface area contributed by atoms with Gasteiger partial charge in [0, 0.05) is 16.6 Å². The number of nitro groups is 1. The molecular weight excluding hydrogens is 333 g/mol. The van der Waals surface area contributed by atoms with Gasteiger partial charge in [0.05, 0.1) is 4.92 Å². The summed E-state index contributed by atoms with van der Waals surface area (Å²) in [6.45, 7) is 0. The number of hydrogen-bond donors (Lipinski definition) is 1. The van der Waals surface area contributed by atoms with Crippen LogP contribution in [0.25, 0.3) is 0 Å². The maximum atomic E-state index is 13.5. The summed E-state index contributed by atoms with van der Waals surface area (Å²) in [5.74, 6) is -0.878. The maximum Gasteiger partial charge on any atom is 0.271 e. The molecule has 0 fully saturated rings. The first-order chi connectivity index (χ1) is 9.47. The van der Waals surface area contributed by atoms with E-state index in [1.54, 1.807) is 6.07 Å². The summed E-state index contributed by atoms with van der Waals surface area (Å²) in [5.41, 5.74) is -0.456. The molecule has 102 valence electrons. The molecule has 2 aromatic carbocycles. The highest BCUT2D eigenvalue weighted by atomic mass is 79.9. The van der Waals surface area contributed by atoms with Crippen LogP contribution < -0.4 is 0 Å². The quantitative estimate of drug-likeness (QED) is 0.502. The van der Waals surface area contributed by atoms with Crippen molar-refractivity contribution in [3.63, 3.8) is 0 Å². The Morgan fingerprint density at radius 3 is 2.55 bits per heavy atom. The summed E-state index contributed by atoms with van der Waals surface area (Å²) in [6, 6.07) is 7.41. The van der Waals surface area contributed by atoms with Gasteiger partial charge in [-0.15, -0.1) is 10.2 Å². The molecule has 0 saturated carbocycles. The topological polar surface area (TPSA) is 88.1 Å². The Morgan fingerprint density at radius 1 is 1.15 bits per heavy atom. The Kier molecular flexibility index (Phi) is 4.04. The Bertz CT molecular complexity index is 706. The van der Waals surface area contributed by atoms with E-state index in [0.717, 1.165) is 18.2 Å². The molecule has 2 aromatic rings. The lowest BCUT2D eigenvalue weighted by Gasteiger charge is -1.99. The van der Waals surface area contributed by atoms with Crippen LogP contribution in [0.2, 0.25) is 0 Å². The van der Waals surface area contributed by atoms with E-state index in [1.807, 2.05) is 0 Å². The Labute approximate surface area is 120 Å². The fourth-order valence-electron chi connectivity index (χ4n) is 1.38. The average Bonchev–Trinajstić information content (AvgIpc) is 2.41. The maximum absolute atomic E-state index is 13.5. The molecule has 0 spiro atoms. The van der Waals surface area contributed by atoms with Gasteiger partial charge in [-0.1, -0.05) is 15.9 Å². The summed E-state index contributed by atoms with van der Waals surface area (Å²) >= 11 is 3.19. The van der Waals surface area contributed by atoms with Crippen molar-refractivity contribution in [2.75, 3.05) is 0 Å². The van der Waals surface area contributed by atoms with Crippen molar-refractivity contribution in [3.05, 3.63) is 56.8 Å². The molecule has 0 bridgehead atoms. The number of halogens is 2. The number of nitrogens with zero attached hydrogens (tertiary/aromatic N) is 3. The summed E-state index contributed by atoms with van der Waals surface area (Å²) < 4.78 is 14.1. The molecule has 6 nitrogen and oxygen atoms in total. The van der Waals surface area contributed by atoms with Crippen LogP contribution in [-0.2, 0) is 0 Å². The minimum Gasteiger partial charge on any atom is -0.506 e. The van der Waals surface area contributed by atoms with Crippen molar-refractivity contribution < 1.29 is 14.4 Å². The summed E-state index contributed by atoms with van der Waals surface area (Å²) in [7, 11) is 0. The van der Waals surface area contributed by atoms with Crippen molar-refractivity contribution in [3.8, 4) is 5.75 Å². The lowest BCUT2D eigenvalue weighted by molar-refractivity contribution is -0.384. The van der Waals surface area contributed by atoms with Gasteiger partial charge < -0.3 is 5.11 Å². The van der Waals surface area contributed by atoms with Crippen molar-refractivity contribution in [1.82, 2.24) is 0 Å². The molecule has 0 atom stereocenters. The highest BCUT2D eigenvalue weighted by Crippen LogP contribution is 2.32. The molecule has 0 saturated heterocycles. The van der Waals surface area contributed by atoms with E-state index in [2.05, 4.69) is 26.2 Å². The second-order valence-electron chi connectivity index (χ2n) is 3.73. The number of phenols is 1. The van der Waals surface area contributed by atoms with E-state index in [0.29, 0.717) is 4.47 Å². The third-order valence-electron chi connectivity index (χ3n) is 2.34.